The van der Waals surface area contributed by atoms with Gasteiger partial charge in [-0.3, -0.25) is 24.8 Å². The summed E-state index contributed by atoms with van der Waals surface area (Å²) in [5.41, 5.74) is 0.788. The Kier molecular flexibility index (Phi) is 5.71. The first kappa shape index (κ1) is 21.2. The molecule has 3 aliphatic heterocycles. The first-order valence-electron chi connectivity index (χ1n) is 11.5. The van der Waals surface area contributed by atoms with Crippen molar-refractivity contribution in [3.63, 3.8) is 0 Å². The fourth-order valence-electron chi connectivity index (χ4n) is 5.92. The van der Waals surface area contributed by atoms with Crippen LogP contribution in [0.1, 0.15) is 44.6 Å². The molecule has 1 N–H and O–H groups in total. The SMILES string of the molecule is CC1CN(C2CCCCC2)C2NC3C(C(=O)N(Cc4ccccc4Cl)C(=O)N3C)N2C1. The average Bonchev–Trinajstić information content (AvgIpc) is 3.16. The van der Waals surface area contributed by atoms with E-state index in [1.807, 2.05) is 18.2 Å². The van der Waals surface area contributed by atoms with Gasteiger partial charge in [0.1, 0.15) is 18.5 Å². The Bertz CT molecular complexity index is 860. The Morgan fingerprint density at radius 1 is 1.06 bits per heavy atom. The van der Waals surface area contributed by atoms with Gasteiger partial charge in [-0.1, -0.05) is 56.0 Å². The Morgan fingerprint density at radius 3 is 2.52 bits per heavy atom. The van der Waals surface area contributed by atoms with E-state index in [0.29, 0.717) is 17.0 Å². The van der Waals surface area contributed by atoms with Gasteiger partial charge in [0.25, 0.3) is 5.91 Å². The van der Waals surface area contributed by atoms with Gasteiger partial charge in [0.2, 0.25) is 0 Å². The molecule has 4 unspecified atom stereocenters. The molecule has 168 valence electrons. The number of carbonyl (C=O) groups is 2. The summed E-state index contributed by atoms with van der Waals surface area (Å²) in [6.07, 6.45) is 6.01. The number of hydrogen-bond donors (Lipinski definition) is 1. The van der Waals surface area contributed by atoms with Gasteiger partial charge in [-0.05, 0) is 30.4 Å². The number of nitrogens with one attached hydrogen (secondary N) is 1. The van der Waals surface area contributed by atoms with E-state index in [9.17, 15) is 9.59 Å². The second kappa shape index (κ2) is 8.35. The molecule has 1 aromatic rings. The lowest BCUT2D eigenvalue weighted by Crippen LogP contribution is -2.66. The van der Waals surface area contributed by atoms with Crippen molar-refractivity contribution in [3.8, 4) is 0 Å². The predicted molar refractivity (Wildman–Crippen MR) is 119 cm³/mol. The fraction of sp³-hybridized carbons (Fsp3) is 0.652. The van der Waals surface area contributed by atoms with E-state index in [0.717, 1.165) is 18.7 Å². The van der Waals surface area contributed by atoms with Gasteiger partial charge >= 0.3 is 6.03 Å². The molecule has 3 amide bonds. The van der Waals surface area contributed by atoms with Crippen LogP contribution < -0.4 is 5.32 Å². The van der Waals surface area contributed by atoms with Gasteiger partial charge in [0.05, 0.1) is 6.54 Å². The van der Waals surface area contributed by atoms with Crippen molar-refractivity contribution in [1.82, 2.24) is 24.9 Å². The van der Waals surface area contributed by atoms with Gasteiger partial charge in [0.15, 0.2) is 0 Å². The highest BCUT2D eigenvalue weighted by molar-refractivity contribution is 6.31. The topological polar surface area (TPSA) is 59.1 Å². The number of fused-ring (bicyclic) bond motifs is 3. The maximum absolute atomic E-state index is 13.7. The maximum Gasteiger partial charge on any atom is 0.328 e. The quantitative estimate of drug-likeness (QED) is 0.775. The van der Waals surface area contributed by atoms with E-state index >= 15 is 0 Å². The van der Waals surface area contributed by atoms with Crippen LogP contribution in [0.5, 0.6) is 0 Å². The lowest BCUT2D eigenvalue weighted by molar-refractivity contribution is -0.142. The van der Waals surface area contributed by atoms with Gasteiger partial charge in [0, 0.05) is 31.2 Å². The van der Waals surface area contributed by atoms with E-state index in [1.165, 1.54) is 37.0 Å². The third-order valence-corrected chi connectivity index (χ3v) is 7.82. The molecule has 31 heavy (non-hydrogen) atoms. The zero-order valence-corrected chi connectivity index (χ0v) is 19.1. The maximum atomic E-state index is 13.7. The van der Waals surface area contributed by atoms with E-state index < -0.39 is 0 Å². The number of benzene rings is 1. The molecular weight excluding hydrogens is 414 g/mol. The van der Waals surface area contributed by atoms with Crippen molar-refractivity contribution in [2.24, 2.45) is 5.92 Å². The molecule has 0 bridgehead atoms. The molecule has 4 fully saturated rings. The number of imide groups is 1. The molecule has 4 aliphatic rings. The smallest absolute Gasteiger partial charge is 0.310 e. The number of halogens is 1. The summed E-state index contributed by atoms with van der Waals surface area (Å²) >= 11 is 6.33. The predicted octanol–water partition coefficient (Wildman–Crippen LogP) is 2.90. The number of hydrogen-bond acceptors (Lipinski definition) is 5. The monoisotopic (exact) mass is 445 g/mol. The van der Waals surface area contributed by atoms with Crippen LogP contribution in [0, 0.1) is 5.92 Å². The van der Waals surface area contributed by atoms with Crippen LogP contribution in [0.4, 0.5) is 4.79 Å². The summed E-state index contributed by atoms with van der Waals surface area (Å²) in [4.78, 5) is 34.8. The Morgan fingerprint density at radius 2 is 1.77 bits per heavy atom. The number of amides is 3. The Balaban J connectivity index is 1.42. The molecule has 3 saturated heterocycles. The molecule has 1 saturated carbocycles. The number of likely N-dealkylation sites (N-methyl/N-ethyl adjacent to an activating group) is 1. The van der Waals surface area contributed by atoms with Crippen LogP contribution >= 0.6 is 11.6 Å². The molecule has 1 aromatic carbocycles. The summed E-state index contributed by atoms with van der Waals surface area (Å²) in [5.74, 6) is 0.354. The van der Waals surface area contributed by atoms with Crippen molar-refractivity contribution >= 4 is 23.5 Å². The first-order chi connectivity index (χ1) is 15.0. The highest BCUT2D eigenvalue weighted by Crippen LogP contribution is 2.36. The highest BCUT2D eigenvalue weighted by Gasteiger charge is 2.57. The van der Waals surface area contributed by atoms with Gasteiger partial charge in [-0.15, -0.1) is 0 Å². The normalized spacial score (nSPS) is 33.0. The molecule has 4 atom stereocenters. The van der Waals surface area contributed by atoms with Crippen LogP contribution in [0.2, 0.25) is 5.02 Å². The number of rotatable bonds is 3. The molecule has 0 aromatic heterocycles. The van der Waals surface area contributed by atoms with Crippen LogP contribution in [0.3, 0.4) is 0 Å². The molecule has 5 rings (SSSR count). The number of nitrogens with zero attached hydrogens (tertiary/aromatic N) is 4. The van der Waals surface area contributed by atoms with E-state index in [-0.39, 0.29) is 37.0 Å². The average molecular weight is 446 g/mol. The molecule has 8 heteroatoms. The van der Waals surface area contributed by atoms with Crippen LogP contribution in [0.15, 0.2) is 24.3 Å². The van der Waals surface area contributed by atoms with Gasteiger partial charge in [-0.2, -0.15) is 0 Å². The van der Waals surface area contributed by atoms with E-state index in [1.54, 1.807) is 18.0 Å². The zero-order valence-electron chi connectivity index (χ0n) is 18.3. The van der Waals surface area contributed by atoms with Crippen LogP contribution in [-0.4, -0.2) is 76.2 Å². The van der Waals surface area contributed by atoms with Gasteiger partial charge < -0.3 is 4.90 Å². The lowest BCUT2D eigenvalue weighted by atomic mass is 9.92. The summed E-state index contributed by atoms with van der Waals surface area (Å²) in [6, 6.07) is 7.32. The van der Waals surface area contributed by atoms with E-state index in [4.69, 9.17) is 11.6 Å². The summed E-state index contributed by atoms with van der Waals surface area (Å²) < 4.78 is 0. The molecule has 0 spiro atoms. The van der Waals surface area contributed by atoms with Crippen molar-refractivity contribution in [3.05, 3.63) is 34.9 Å². The molecular formula is C23H32ClN5O2. The fourth-order valence-corrected chi connectivity index (χ4v) is 6.11. The summed E-state index contributed by atoms with van der Waals surface area (Å²) in [5, 5.41) is 4.23. The van der Waals surface area contributed by atoms with Crippen molar-refractivity contribution in [1.29, 1.82) is 0 Å². The Hall–Kier alpha value is -1.67. The molecule has 1 aliphatic carbocycles. The minimum absolute atomic E-state index is 0.00811. The van der Waals surface area contributed by atoms with Crippen molar-refractivity contribution < 1.29 is 9.59 Å². The second-order valence-corrected chi connectivity index (χ2v) is 10.0. The van der Waals surface area contributed by atoms with Crippen molar-refractivity contribution in [2.45, 2.75) is 70.1 Å². The number of urea groups is 1. The van der Waals surface area contributed by atoms with E-state index in [2.05, 4.69) is 22.0 Å². The third kappa shape index (κ3) is 3.65. The minimum atomic E-state index is -0.371. The standard InChI is InChI=1S/C23H32ClN5O2/c1-15-12-27(17-9-4-3-5-10-17)22-25-20-19(28(22)13-15)21(30)29(23(31)26(20)2)14-16-8-6-7-11-18(16)24/h6-8,11,15,17,19-20,22,25H,3-5,9-10,12-14H2,1-2H3. The molecule has 0 radical (unpaired) electrons. The summed E-state index contributed by atoms with van der Waals surface area (Å²) in [6.45, 7) is 4.36. The zero-order chi connectivity index (χ0) is 21.7. The van der Waals surface area contributed by atoms with Gasteiger partial charge in [-0.25, -0.2) is 4.79 Å². The molecule has 3 heterocycles. The Labute approximate surface area is 189 Å². The first-order valence-corrected chi connectivity index (χ1v) is 11.9. The molecule has 7 nitrogen and oxygen atoms in total. The number of carbonyl (C=O) groups excluding carboxylic acids is 2. The van der Waals surface area contributed by atoms with Crippen LogP contribution in [-0.2, 0) is 11.3 Å². The largest absolute Gasteiger partial charge is 0.328 e. The van der Waals surface area contributed by atoms with Crippen molar-refractivity contribution in [2.75, 3.05) is 20.1 Å². The second-order valence-electron chi connectivity index (χ2n) is 9.63. The summed E-state index contributed by atoms with van der Waals surface area (Å²) in [7, 11) is 1.80. The minimum Gasteiger partial charge on any atom is -0.310 e. The third-order valence-electron chi connectivity index (χ3n) is 7.45. The van der Waals surface area contributed by atoms with Crippen LogP contribution in [0.25, 0.3) is 0 Å². The highest BCUT2D eigenvalue weighted by atomic mass is 35.5. The lowest BCUT2D eigenvalue weighted by Gasteiger charge is -2.48.